The molecule has 0 saturated carbocycles. The van der Waals surface area contributed by atoms with Gasteiger partial charge < -0.3 is 14.3 Å². The molecule has 1 fully saturated rings. The maximum Gasteiger partial charge on any atom is 0.303 e. The Bertz CT molecular complexity index is 355. The summed E-state index contributed by atoms with van der Waals surface area (Å²) in [6.07, 6.45) is 5.21. The fourth-order valence-corrected chi connectivity index (χ4v) is 1.77. The number of aliphatic carboxylic acids is 1. The molecule has 16 heavy (non-hydrogen) atoms. The first kappa shape index (κ1) is 11.1. The lowest BCUT2D eigenvalue weighted by molar-refractivity contribution is -0.137. The quantitative estimate of drug-likeness (QED) is 0.847. The predicted molar refractivity (Wildman–Crippen MR) is 55.0 cm³/mol. The Hall–Kier alpha value is -1.36. The van der Waals surface area contributed by atoms with Gasteiger partial charge in [0.25, 0.3) is 0 Å². The summed E-state index contributed by atoms with van der Waals surface area (Å²) < 4.78 is 11.0. The maximum absolute atomic E-state index is 10.4. The standard InChI is InChI=1S/C11H15NO4/c13-11(14)5-4-10-12-7-9(16-10)8-3-1-2-6-15-8/h7-8H,1-6H2,(H,13,14). The molecule has 1 aromatic heterocycles. The average Bonchev–Trinajstić information content (AvgIpc) is 2.76. The Morgan fingerprint density at radius 3 is 3.12 bits per heavy atom. The Morgan fingerprint density at radius 2 is 2.44 bits per heavy atom. The van der Waals surface area contributed by atoms with Gasteiger partial charge in [-0.15, -0.1) is 0 Å². The van der Waals surface area contributed by atoms with E-state index in [1.54, 1.807) is 6.20 Å². The van der Waals surface area contributed by atoms with Crippen molar-refractivity contribution >= 4 is 5.97 Å². The zero-order valence-electron chi connectivity index (χ0n) is 9.02. The lowest BCUT2D eigenvalue weighted by atomic mass is 10.1. The van der Waals surface area contributed by atoms with E-state index in [0.29, 0.717) is 12.3 Å². The van der Waals surface area contributed by atoms with E-state index >= 15 is 0 Å². The van der Waals surface area contributed by atoms with Crippen molar-refractivity contribution in [3.05, 3.63) is 17.8 Å². The van der Waals surface area contributed by atoms with Crippen LogP contribution in [0.4, 0.5) is 0 Å². The summed E-state index contributed by atoms with van der Waals surface area (Å²) in [4.78, 5) is 14.4. The zero-order valence-corrected chi connectivity index (χ0v) is 9.02. The summed E-state index contributed by atoms with van der Waals surface area (Å²) in [5, 5.41) is 8.54. The molecule has 5 heteroatoms. The number of hydrogen-bond acceptors (Lipinski definition) is 4. The van der Waals surface area contributed by atoms with Crippen molar-refractivity contribution in [2.75, 3.05) is 6.61 Å². The van der Waals surface area contributed by atoms with E-state index < -0.39 is 5.97 Å². The van der Waals surface area contributed by atoms with Gasteiger partial charge in [-0.25, -0.2) is 4.98 Å². The Morgan fingerprint density at radius 1 is 1.56 bits per heavy atom. The minimum Gasteiger partial charge on any atom is -0.481 e. The largest absolute Gasteiger partial charge is 0.481 e. The number of aromatic nitrogens is 1. The summed E-state index contributed by atoms with van der Waals surface area (Å²) >= 11 is 0. The minimum atomic E-state index is -0.839. The second-order valence-corrected chi connectivity index (χ2v) is 3.91. The van der Waals surface area contributed by atoms with Crippen molar-refractivity contribution in [2.24, 2.45) is 0 Å². The molecule has 1 unspecified atom stereocenters. The normalized spacial score (nSPS) is 20.9. The van der Waals surface area contributed by atoms with Crippen LogP contribution in [-0.2, 0) is 16.0 Å². The number of carbonyl (C=O) groups is 1. The third-order valence-electron chi connectivity index (χ3n) is 2.62. The van der Waals surface area contributed by atoms with Crippen molar-refractivity contribution in [1.82, 2.24) is 4.98 Å². The number of aryl methyl sites for hydroxylation is 1. The highest BCUT2D eigenvalue weighted by atomic mass is 16.5. The molecule has 0 radical (unpaired) electrons. The van der Waals surface area contributed by atoms with Crippen LogP contribution in [0.2, 0.25) is 0 Å². The van der Waals surface area contributed by atoms with Gasteiger partial charge in [0.2, 0.25) is 0 Å². The molecule has 5 nitrogen and oxygen atoms in total. The molecule has 2 heterocycles. The summed E-state index contributed by atoms with van der Waals surface area (Å²) in [6.45, 7) is 0.760. The van der Waals surface area contributed by atoms with Gasteiger partial charge in [-0.05, 0) is 19.3 Å². The van der Waals surface area contributed by atoms with Crippen LogP contribution < -0.4 is 0 Å². The van der Waals surface area contributed by atoms with Gasteiger partial charge in [-0.1, -0.05) is 0 Å². The zero-order chi connectivity index (χ0) is 11.4. The molecule has 2 rings (SSSR count). The maximum atomic E-state index is 10.4. The molecule has 0 spiro atoms. The van der Waals surface area contributed by atoms with Crippen LogP contribution in [-0.4, -0.2) is 22.7 Å². The molecule has 1 aliphatic rings. The van der Waals surface area contributed by atoms with Gasteiger partial charge in [-0.3, -0.25) is 4.79 Å². The van der Waals surface area contributed by atoms with E-state index in [-0.39, 0.29) is 12.5 Å². The topological polar surface area (TPSA) is 72.6 Å². The van der Waals surface area contributed by atoms with Gasteiger partial charge in [-0.2, -0.15) is 0 Å². The van der Waals surface area contributed by atoms with Gasteiger partial charge in [0, 0.05) is 13.0 Å². The molecule has 0 amide bonds. The van der Waals surface area contributed by atoms with E-state index in [0.717, 1.165) is 31.6 Å². The number of rotatable bonds is 4. The Labute approximate surface area is 93.4 Å². The number of carboxylic acids is 1. The fraction of sp³-hybridized carbons (Fsp3) is 0.636. The van der Waals surface area contributed by atoms with Gasteiger partial charge >= 0.3 is 5.97 Å². The van der Waals surface area contributed by atoms with E-state index in [9.17, 15) is 4.79 Å². The van der Waals surface area contributed by atoms with Crippen LogP contribution in [0, 0.1) is 0 Å². The summed E-state index contributed by atoms with van der Waals surface area (Å²) in [5.74, 6) is 0.361. The molecular weight excluding hydrogens is 210 g/mol. The smallest absolute Gasteiger partial charge is 0.303 e. The van der Waals surface area contributed by atoms with E-state index in [2.05, 4.69) is 4.98 Å². The molecule has 1 N–H and O–H groups in total. The number of oxazole rings is 1. The second kappa shape index (κ2) is 5.12. The predicted octanol–water partition coefficient (Wildman–Crippen LogP) is 1.93. The number of ether oxygens (including phenoxy) is 1. The highest BCUT2D eigenvalue weighted by molar-refractivity contribution is 5.66. The third-order valence-corrected chi connectivity index (χ3v) is 2.62. The van der Waals surface area contributed by atoms with E-state index in [1.165, 1.54) is 0 Å². The van der Waals surface area contributed by atoms with Crippen molar-refractivity contribution in [3.8, 4) is 0 Å². The SMILES string of the molecule is O=C(O)CCc1ncc(C2CCCCO2)o1. The third kappa shape index (κ3) is 2.82. The monoisotopic (exact) mass is 225 g/mol. The van der Waals surface area contributed by atoms with Crippen molar-refractivity contribution in [3.63, 3.8) is 0 Å². The number of carboxylic acid groups (broad SMARTS) is 1. The minimum absolute atomic E-state index is 0.000159. The molecule has 1 saturated heterocycles. The molecule has 1 atom stereocenters. The first-order valence-electron chi connectivity index (χ1n) is 5.53. The van der Waals surface area contributed by atoms with Crippen LogP contribution in [0.1, 0.15) is 43.4 Å². The first-order valence-corrected chi connectivity index (χ1v) is 5.53. The number of nitrogens with zero attached hydrogens (tertiary/aromatic N) is 1. The van der Waals surface area contributed by atoms with Crippen molar-refractivity contribution in [1.29, 1.82) is 0 Å². The molecule has 1 aliphatic heterocycles. The molecule has 0 aliphatic carbocycles. The highest BCUT2D eigenvalue weighted by Gasteiger charge is 2.20. The molecule has 88 valence electrons. The molecule has 1 aromatic rings. The summed E-state index contributed by atoms with van der Waals surface area (Å²) in [6, 6.07) is 0. The van der Waals surface area contributed by atoms with Gasteiger partial charge in [0.15, 0.2) is 11.7 Å². The summed E-state index contributed by atoms with van der Waals surface area (Å²) in [5.41, 5.74) is 0. The van der Waals surface area contributed by atoms with E-state index in [4.69, 9.17) is 14.3 Å². The highest BCUT2D eigenvalue weighted by Crippen LogP contribution is 2.28. The Balaban J connectivity index is 1.93. The van der Waals surface area contributed by atoms with Crippen molar-refractivity contribution in [2.45, 2.75) is 38.2 Å². The van der Waals surface area contributed by atoms with Crippen molar-refractivity contribution < 1.29 is 19.1 Å². The lowest BCUT2D eigenvalue weighted by Gasteiger charge is -2.19. The molecule has 0 aromatic carbocycles. The van der Waals surface area contributed by atoms with E-state index in [1.807, 2.05) is 0 Å². The average molecular weight is 225 g/mol. The fourth-order valence-electron chi connectivity index (χ4n) is 1.77. The van der Waals surface area contributed by atoms with Crippen LogP contribution in [0.3, 0.4) is 0 Å². The van der Waals surface area contributed by atoms with Crippen LogP contribution in [0.5, 0.6) is 0 Å². The number of hydrogen-bond donors (Lipinski definition) is 1. The second-order valence-electron chi connectivity index (χ2n) is 3.91. The molecule has 0 bridgehead atoms. The Kier molecular flexibility index (Phi) is 3.56. The van der Waals surface area contributed by atoms with Crippen LogP contribution in [0.15, 0.2) is 10.6 Å². The first-order chi connectivity index (χ1) is 7.75. The van der Waals surface area contributed by atoms with Crippen LogP contribution >= 0.6 is 0 Å². The van der Waals surface area contributed by atoms with Gasteiger partial charge in [0.05, 0.1) is 12.6 Å². The lowest BCUT2D eigenvalue weighted by Crippen LogP contribution is -2.10. The van der Waals surface area contributed by atoms with Crippen LogP contribution in [0.25, 0.3) is 0 Å². The summed E-state index contributed by atoms with van der Waals surface area (Å²) in [7, 11) is 0. The van der Waals surface area contributed by atoms with Gasteiger partial charge in [0.1, 0.15) is 6.10 Å². The molecular formula is C11H15NO4.